The van der Waals surface area contributed by atoms with Gasteiger partial charge in [-0.1, -0.05) is 26.0 Å². The molecule has 0 aliphatic heterocycles. The van der Waals surface area contributed by atoms with Crippen LogP contribution in [0.1, 0.15) is 31.1 Å². The summed E-state index contributed by atoms with van der Waals surface area (Å²) in [5.41, 5.74) is 0.441. The fourth-order valence-electron chi connectivity index (χ4n) is 2.28. The molecule has 1 aromatic rings. The number of sulfonamides is 1. The molecule has 0 saturated heterocycles. The predicted molar refractivity (Wildman–Crippen MR) is 97.1 cm³/mol. The van der Waals surface area contributed by atoms with Crippen LogP contribution in [0.4, 0.5) is 0 Å². The molecule has 1 N–H and O–H groups in total. The summed E-state index contributed by atoms with van der Waals surface area (Å²) < 4.78 is 26.0. The van der Waals surface area contributed by atoms with Crippen LogP contribution in [0.25, 0.3) is 0 Å². The zero-order valence-corrected chi connectivity index (χ0v) is 16.1. The molecule has 0 spiro atoms. The van der Waals surface area contributed by atoms with Crippen molar-refractivity contribution < 1.29 is 18.0 Å². The highest BCUT2D eigenvalue weighted by molar-refractivity contribution is 7.89. The highest BCUT2D eigenvalue weighted by Gasteiger charge is 2.23. The maximum Gasteiger partial charge on any atom is 0.243 e. The SMILES string of the molecule is CCN(CC)CCNC(=O)CN(C)S(=O)(=O)c1ccc(C(C)=O)cc1. The van der Waals surface area contributed by atoms with Crippen LogP contribution in [0.5, 0.6) is 0 Å². The molecule has 0 aliphatic rings. The number of carbonyl (C=O) groups excluding carboxylic acids is 2. The second-order valence-corrected chi connectivity index (χ2v) is 7.76. The van der Waals surface area contributed by atoms with Crippen LogP contribution in [0.3, 0.4) is 0 Å². The van der Waals surface area contributed by atoms with Crippen LogP contribution in [-0.4, -0.2) is 69.1 Å². The fraction of sp³-hybridized carbons (Fsp3) is 0.529. The Morgan fingerprint density at radius 1 is 1.08 bits per heavy atom. The second kappa shape index (κ2) is 9.65. The summed E-state index contributed by atoms with van der Waals surface area (Å²) in [7, 11) is -2.42. The van der Waals surface area contributed by atoms with E-state index in [1.807, 2.05) is 13.8 Å². The van der Waals surface area contributed by atoms with E-state index in [1.54, 1.807) is 0 Å². The van der Waals surface area contributed by atoms with Gasteiger partial charge in [-0.25, -0.2) is 8.42 Å². The van der Waals surface area contributed by atoms with Crippen LogP contribution in [0, 0.1) is 0 Å². The van der Waals surface area contributed by atoms with Gasteiger partial charge < -0.3 is 10.2 Å². The summed E-state index contributed by atoms with van der Waals surface area (Å²) in [4.78, 5) is 25.4. The van der Waals surface area contributed by atoms with Gasteiger partial charge in [-0.15, -0.1) is 0 Å². The van der Waals surface area contributed by atoms with Gasteiger partial charge in [0.25, 0.3) is 0 Å². The Bertz CT molecular complexity index is 682. The minimum absolute atomic E-state index is 0.0518. The molecule has 0 unspecified atom stereocenters. The molecule has 0 aliphatic carbocycles. The molecule has 0 saturated carbocycles. The topological polar surface area (TPSA) is 86.8 Å². The van der Waals surface area contributed by atoms with E-state index < -0.39 is 10.0 Å². The van der Waals surface area contributed by atoms with Gasteiger partial charge in [0.05, 0.1) is 11.4 Å². The Kier molecular flexibility index (Phi) is 8.21. The third-order valence-corrected chi connectivity index (χ3v) is 5.80. The largest absolute Gasteiger partial charge is 0.354 e. The summed E-state index contributed by atoms with van der Waals surface area (Å²) in [6.07, 6.45) is 0. The van der Waals surface area contributed by atoms with E-state index in [9.17, 15) is 18.0 Å². The maximum atomic E-state index is 12.5. The number of likely N-dealkylation sites (N-methyl/N-ethyl adjacent to an activating group) is 2. The lowest BCUT2D eigenvalue weighted by Gasteiger charge is -2.19. The third kappa shape index (κ3) is 6.22. The normalized spacial score (nSPS) is 11.8. The van der Waals surface area contributed by atoms with E-state index in [2.05, 4.69) is 10.2 Å². The number of nitrogens with zero attached hydrogens (tertiary/aromatic N) is 2. The fourth-order valence-corrected chi connectivity index (χ4v) is 3.41. The molecule has 0 fully saturated rings. The average Bonchev–Trinajstić information content (AvgIpc) is 2.58. The first-order chi connectivity index (χ1) is 11.7. The van der Waals surface area contributed by atoms with Crippen molar-refractivity contribution in [3.63, 3.8) is 0 Å². The van der Waals surface area contributed by atoms with Crippen molar-refractivity contribution in [3.05, 3.63) is 29.8 Å². The maximum absolute atomic E-state index is 12.5. The summed E-state index contributed by atoms with van der Waals surface area (Å²) in [5, 5.41) is 2.73. The van der Waals surface area contributed by atoms with E-state index in [1.165, 1.54) is 38.2 Å². The van der Waals surface area contributed by atoms with Crippen LogP contribution >= 0.6 is 0 Å². The second-order valence-electron chi connectivity index (χ2n) is 5.72. The lowest BCUT2D eigenvalue weighted by Crippen LogP contribution is -2.41. The van der Waals surface area contributed by atoms with Crippen molar-refractivity contribution in [2.24, 2.45) is 0 Å². The van der Waals surface area contributed by atoms with Gasteiger partial charge in [-0.05, 0) is 32.1 Å². The van der Waals surface area contributed by atoms with Gasteiger partial charge in [0, 0.05) is 25.7 Å². The third-order valence-electron chi connectivity index (χ3n) is 3.98. The van der Waals surface area contributed by atoms with E-state index in [-0.39, 0.29) is 23.1 Å². The summed E-state index contributed by atoms with van der Waals surface area (Å²) in [6, 6.07) is 5.68. The molecule has 25 heavy (non-hydrogen) atoms. The smallest absolute Gasteiger partial charge is 0.243 e. The number of hydrogen-bond acceptors (Lipinski definition) is 5. The minimum atomic E-state index is -3.78. The molecule has 0 bridgehead atoms. The van der Waals surface area contributed by atoms with Gasteiger partial charge in [-0.3, -0.25) is 9.59 Å². The standard InChI is InChI=1S/C17H27N3O4S/c1-5-20(6-2)12-11-18-17(22)13-19(4)25(23,24)16-9-7-15(8-10-16)14(3)21/h7-10H,5-6,11-13H2,1-4H3,(H,18,22). The first kappa shape index (κ1) is 21.3. The zero-order chi connectivity index (χ0) is 19.0. The molecule has 0 radical (unpaired) electrons. The lowest BCUT2D eigenvalue weighted by molar-refractivity contribution is -0.121. The number of hydrogen-bond donors (Lipinski definition) is 1. The number of nitrogens with one attached hydrogen (secondary N) is 1. The molecular weight excluding hydrogens is 342 g/mol. The lowest BCUT2D eigenvalue weighted by atomic mass is 10.2. The first-order valence-electron chi connectivity index (χ1n) is 8.28. The van der Waals surface area contributed by atoms with Crippen molar-refractivity contribution in [1.29, 1.82) is 0 Å². The van der Waals surface area contributed by atoms with E-state index in [4.69, 9.17) is 0 Å². The van der Waals surface area contributed by atoms with Crippen molar-refractivity contribution >= 4 is 21.7 Å². The van der Waals surface area contributed by atoms with Gasteiger partial charge in [0.15, 0.2) is 5.78 Å². The van der Waals surface area contributed by atoms with Crippen molar-refractivity contribution in [2.75, 3.05) is 39.8 Å². The van der Waals surface area contributed by atoms with E-state index in [0.29, 0.717) is 12.1 Å². The Morgan fingerprint density at radius 3 is 2.12 bits per heavy atom. The number of Topliss-reactive ketones (excluding diaryl/α,β-unsaturated/α-hetero) is 1. The molecule has 1 aromatic carbocycles. The minimum Gasteiger partial charge on any atom is -0.354 e. The number of ketones is 1. The molecule has 1 rings (SSSR count). The molecule has 0 heterocycles. The summed E-state index contributed by atoms with van der Waals surface area (Å²) in [5.74, 6) is -0.483. The Balaban J connectivity index is 2.63. The Hall–Kier alpha value is -1.77. The molecule has 8 heteroatoms. The molecule has 0 aromatic heterocycles. The molecule has 140 valence electrons. The van der Waals surface area contributed by atoms with Gasteiger partial charge in [-0.2, -0.15) is 4.31 Å². The molecule has 1 amide bonds. The predicted octanol–water partition coefficient (Wildman–Crippen LogP) is 0.968. The van der Waals surface area contributed by atoms with Gasteiger partial charge >= 0.3 is 0 Å². The first-order valence-corrected chi connectivity index (χ1v) is 9.72. The Morgan fingerprint density at radius 2 is 1.64 bits per heavy atom. The number of rotatable bonds is 10. The molecular formula is C17H27N3O4S. The quantitative estimate of drug-likeness (QED) is 0.621. The molecule has 7 nitrogen and oxygen atoms in total. The average molecular weight is 369 g/mol. The highest BCUT2D eigenvalue weighted by atomic mass is 32.2. The number of amides is 1. The highest BCUT2D eigenvalue weighted by Crippen LogP contribution is 2.15. The summed E-state index contributed by atoms with van der Waals surface area (Å²) >= 11 is 0. The van der Waals surface area contributed by atoms with Crippen LogP contribution in [0.2, 0.25) is 0 Å². The van der Waals surface area contributed by atoms with E-state index >= 15 is 0 Å². The monoisotopic (exact) mass is 369 g/mol. The van der Waals surface area contributed by atoms with Crippen LogP contribution in [-0.2, 0) is 14.8 Å². The molecule has 0 atom stereocenters. The van der Waals surface area contributed by atoms with Crippen molar-refractivity contribution in [2.45, 2.75) is 25.7 Å². The van der Waals surface area contributed by atoms with E-state index in [0.717, 1.165) is 23.9 Å². The Labute approximate surface area is 150 Å². The summed E-state index contributed by atoms with van der Waals surface area (Å²) in [6.45, 7) is 8.25. The van der Waals surface area contributed by atoms with Crippen molar-refractivity contribution in [1.82, 2.24) is 14.5 Å². The van der Waals surface area contributed by atoms with Crippen LogP contribution in [0.15, 0.2) is 29.2 Å². The van der Waals surface area contributed by atoms with Crippen LogP contribution < -0.4 is 5.32 Å². The van der Waals surface area contributed by atoms with Gasteiger partial charge in [0.2, 0.25) is 15.9 Å². The zero-order valence-electron chi connectivity index (χ0n) is 15.3. The van der Waals surface area contributed by atoms with Gasteiger partial charge in [0.1, 0.15) is 0 Å². The van der Waals surface area contributed by atoms with Crippen molar-refractivity contribution in [3.8, 4) is 0 Å². The number of benzene rings is 1. The number of carbonyl (C=O) groups is 2.